The van der Waals surface area contributed by atoms with Gasteiger partial charge in [-0.05, 0) is 79.8 Å². The Kier molecular flexibility index (Phi) is 9.40. The minimum atomic E-state index is -3.58. The zero-order valence-electron chi connectivity index (χ0n) is 17.9. The van der Waals surface area contributed by atoms with E-state index in [-0.39, 0.29) is 0 Å². The number of ether oxygens (including phenoxy) is 2. The third kappa shape index (κ3) is 7.84. The molecule has 2 rings (SSSR count). The number of allylic oxidation sites excluding steroid dienone is 1. The van der Waals surface area contributed by atoms with E-state index >= 15 is 0 Å². The zero-order valence-corrected chi connectivity index (χ0v) is 18.7. The number of hydrogen-bond donors (Lipinski definition) is 1. The van der Waals surface area contributed by atoms with Gasteiger partial charge in [0.25, 0.3) is 0 Å². The van der Waals surface area contributed by atoms with E-state index in [1.165, 1.54) is 11.1 Å². The Morgan fingerprint density at radius 2 is 1.33 bits per heavy atom. The maximum atomic E-state index is 12.0. The molecule has 0 amide bonds. The summed E-state index contributed by atoms with van der Waals surface area (Å²) in [4.78, 5) is 0. The molecule has 0 radical (unpaired) electrons. The Morgan fingerprint density at radius 3 is 1.70 bits per heavy atom. The van der Waals surface area contributed by atoms with Gasteiger partial charge in [-0.3, -0.25) is 0 Å². The molecule has 30 heavy (non-hydrogen) atoms. The Labute approximate surface area is 181 Å². The molecule has 2 aromatic rings. The number of sulfonamides is 1. The molecule has 0 bridgehead atoms. The summed E-state index contributed by atoms with van der Waals surface area (Å²) >= 11 is 0. The van der Waals surface area contributed by atoms with Gasteiger partial charge in [0, 0.05) is 0 Å². The van der Waals surface area contributed by atoms with Crippen molar-refractivity contribution in [1.82, 2.24) is 0 Å². The predicted octanol–water partition coefficient (Wildman–Crippen LogP) is 4.51. The Bertz CT molecular complexity index is 827. The van der Waals surface area contributed by atoms with Crippen LogP contribution in [0.3, 0.4) is 0 Å². The molecule has 0 saturated heterocycles. The molecule has 6 heteroatoms. The molecule has 0 heterocycles. The summed E-state index contributed by atoms with van der Waals surface area (Å²) in [6.45, 7) is 3.69. The second-order valence-electron chi connectivity index (χ2n) is 7.62. The second-order valence-corrected chi connectivity index (χ2v) is 9.47. The van der Waals surface area contributed by atoms with Crippen molar-refractivity contribution in [2.75, 3.05) is 14.2 Å². The normalized spacial score (nSPS) is 12.5. The highest BCUT2D eigenvalue weighted by Crippen LogP contribution is 2.25. The van der Waals surface area contributed by atoms with Crippen LogP contribution >= 0.6 is 0 Å². The summed E-state index contributed by atoms with van der Waals surface area (Å²) in [7, 11) is -0.276. The van der Waals surface area contributed by atoms with Crippen LogP contribution in [-0.2, 0) is 22.9 Å². The second kappa shape index (κ2) is 11.8. The summed E-state index contributed by atoms with van der Waals surface area (Å²) in [5.41, 5.74) is 2.40. The minimum absolute atomic E-state index is 0.291. The number of rotatable bonds is 13. The van der Waals surface area contributed by atoms with E-state index in [0.29, 0.717) is 25.2 Å². The van der Waals surface area contributed by atoms with Gasteiger partial charge >= 0.3 is 0 Å². The zero-order chi connectivity index (χ0) is 22.0. The fourth-order valence-electron chi connectivity index (χ4n) is 3.66. The first kappa shape index (κ1) is 24.0. The van der Waals surface area contributed by atoms with Crippen LogP contribution in [0.4, 0.5) is 0 Å². The highest BCUT2D eigenvalue weighted by molar-refractivity contribution is 7.89. The number of primary sulfonamides is 1. The molecule has 1 unspecified atom stereocenters. The van der Waals surface area contributed by atoms with Gasteiger partial charge in [0.2, 0.25) is 10.0 Å². The molecule has 164 valence electrons. The van der Waals surface area contributed by atoms with Crippen molar-refractivity contribution >= 4 is 10.0 Å². The lowest BCUT2D eigenvalue weighted by Crippen LogP contribution is -2.29. The van der Waals surface area contributed by atoms with Gasteiger partial charge in [0.05, 0.1) is 19.5 Å². The number of nitrogens with two attached hydrogens (primary N) is 1. The molecule has 0 fully saturated rings. The molecule has 5 nitrogen and oxygen atoms in total. The lowest BCUT2D eigenvalue weighted by molar-refractivity contribution is 0.413. The van der Waals surface area contributed by atoms with Crippen molar-refractivity contribution < 1.29 is 17.9 Å². The number of benzene rings is 2. The maximum Gasteiger partial charge on any atom is 0.211 e. The lowest BCUT2D eigenvalue weighted by atomic mass is 9.88. The molecule has 0 aliphatic heterocycles. The largest absolute Gasteiger partial charge is 0.497 e. The van der Waals surface area contributed by atoms with Gasteiger partial charge in [0.15, 0.2) is 0 Å². The van der Waals surface area contributed by atoms with Crippen LogP contribution in [0.5, 0.6) is 11.5 Å². The molecule has 0 spiro atoms. The van der Waals surface area contributed by atoms with Crippen molar-refractivity contribution in [2.24, 2.45) is 11.1 Å². The maximum absolute atomic E-state index is 12.0. The van der Waals surface area contributed by atoms with E-state index in [2.05, 4.69) is 30.8 Å². The predicted molar refractivity (Wildman–Crippen MR) is 122 cm³/mol. The molecule has 2 N–H and O–H groups in total. The van der Waals surface area contributed by atoms with Gasteiger partial charge < -0.3 is 9.47 Å². The first-order valence-electron chi connectivity index (χ1n) is 10.2. The van der Waals surface area contributed by atoms with Crippen LogP contribution in [0.2, 0.25) is 0 Å². The highest BCUT2D eigenvalue weighted by atomic mass is 32.2. The number of hydrogen-bond acceptors (Lipinski definition) is 4. The van der Waals surface area contributed by atoms with Crippen LogP contribution in [0, 0.1) is 5.92 Å². The molecular formula is C24H33NO4S. The summed E-state index contributed by atoms with van der Waals surface area (Å²) < 4.78 is 34.5. The van der Waals surface area contributed by atoms with Gasteiger partial charge in [-0.2, -0.15) is 0 Å². The molecule has 0 saturated carbocycles. The first-order chi connectivity index (χ1) is 14.4. The van der Waals surface area contributed by atoms with Gasteiger partial charge in [-0.1, -0.05) is 30.3 Å². The Morgan fingerprint density at radius 1 is 0.867 bits per heavy atom. The topological polar surface area (TPSA) is 78.6 Å². The summed E-state index contributed by atoms with van der Waals surface area (Å²) in [6, 6.07) is 16.1. The average molecular weight is 432 g/mol. The molecular weight excluding hydrogens is 398 g/mol. The van der Waals surface area contributed by atoms with Crippen molar-refractivity contribution in [3.63, 3.8) is 0 Å². The monoisotopic (exact) mass is 431 g/mol. The molecule has 0 aliphatic rings. The van der Waals surface area contributed by atoms with Crippen molar-refractivity contribution in [3.8, 4) is 11.5 Å². The summed E-state index contributed by atoms with van der Waals surface area (Å²) in [5.74, 6) is 1.94. The number of methoxy groups -OCH3 is 2. The van der Waals surface area contributed by atoms with E-state index < -0.39 is 15.3 Å². The summed E-state index contributed by atoms with van der Waals surface area (Å²) in [5, 5.41) is 4.95. The molecule has 2 aromatic carbocycles. The van der Waals surface area contributed by atoms with Gasteiger partial charge in [-0.15, -0.1) is 6.58 Å². The van der Waals surface area contributed by atoms with Crippen LogP contribution in [0.1, 0.15) is 36.8 Å². The van der Waals surface area contributed by atoms with Gasteiger partial charge in [-0.25, -0.2) is 13.6 Å². The smallest absolute Gasteiger partial charge is 0.211 e. The van der Waals surface area contributed by atoms with Crippen molar-refractivity contribution in [3.05, 3.63) is 72.3 Å². The fraction of sp³-hybridized carbons (Fsp3) is 0.417. The third-order valence-corrected chi connectivity index (χ3v) is 6.82. The highest BCUT2D eigenvalue weighted by Gasteiger charge is 2.22. The summed E-state index contributed by atoms with van der Waals surface area (Å²) in [6.07, 6.45) is 5.93. The lowest BCUT2D eigenvalue weighted by Gasteiger charge is -2.21. The fourth-order valence-corrected chi connectivity index (χ4v) is 4.59. The molecule has 0 aromatic heterocycles. The third-order valence-electron chi connectivity index (χ3n) is 5.42. The van der Waals surface area contributed by atoms with E-state index in [9.17, 15) is 8.42 Å². The molecule has 1 atom stereocenters. The van der Waals surface area contributed by atoms with E-state index in [1.807, 2.05) is 24.3 Å². The van der Waals surface area contributed by atoms with Crippen LogP contribution in [-0.4, -0.2) is 27.9 Å². The first-order valence-corrected chi connectivity index (χ1v) is 11.8. The van der Waals surface area contributed by atoms with E-state index in [1.54, 1.807) is 20.3 Å². The van der Waals surface area contributed by atoms with Crippen LogP contribution in [0.15, 0.2) is 61.2 Å². The van der Waals surface area contributed by atoms with Crippen LogP contribution < -0.4 is 14.6 Å². The Hall–Kier alpha value is -2.31. The quantitative estimate of drug-likeness (QED) is 0.473. The average Bonchev–Trinajstić information content (AvgIpc) is 2.73. The van der Waals surface area contributed by atoms with E-state index in [0.717, 1.165) is 30.8 Å². The standard InChI is InChI=1S/C24H33NO4S/c1-4-5-6-24(30(25,26)27)16-11-21(17-19-7-12-22(28-2)13-8-19)18-20-9-14-23(29-3)15-10-20/h4,7-10,12-15,21,24H,1,5-6,11,16-18H2,2-3H3,(H2,25,26,27). The Balaban J connectivity index is 2.14. The molecule has 0 aliphatic carbocycles. The van der Waals surface area contributed by atoms with Crippen molar-refractivity contribution in [2.45, 2.75) is 43.8 Å². The van der Waals surface area contributed by atoms with Crippen molar-refractivity contribution in [1.29, 1.82) is 0 Å². The van der Waals surface area contributed by atoms with Crippen LogP contribution in [0.25, 0.3) is 0 Å². The minimum Gasteiger partial charge on any atom is -0.497 e. The van der Waals surface area contributed by atoms with Gasteiger partial charge in [0.1, 0.15) is 11.5 Å². The SMILES string of the molecule is C=CCCC(CCC(Cc1ccc(OC)cc1)Cc1ccc(OC)cc1)S(N)(=O)=O. The van der Waals surface area contributed by atoms with E-state index in [4.69, 9.17) is 14.6 Å².